The minimum absolute atomic E-state index is 0.326. The van der Waals surface area contributed by atoms with Crippen molar-refractivity contribution in [3.05, 3.63) is 29.8 Å². The maximum absolute atomic E-state index is 12.5. The summed E-state index contributed by atoms with van der Waals surface area (Å²) in [5.74, 6) is 0.864. The van der Waals surface area contributed by atoms with Gasteiger partial charge in [-0.15, -0.1) is 0 Å². The second kappa shape index (κ2) is 7.49. The van der Waals surface area contributed by atoms with Crippen LogP contribution in [0.2, 0.25) is 0 Å². The van der Waals surface area contributed by atoms with E-state index in [1.54, 1.807) is 12.1 Å². The molecule has 21 heavy (non-hydrogen) atoms. The molecule has 0 bridgehead atoms. The molecule has 1 aliphatic rings. The van der Waals surface area contributed by atoms with Crippen molar-refractivity contribution in [3.8, 4) is 0 Å². The molecule has 0 aliphatic carbocycles. The van der Waals surface area contributed by atoms with Crippen molar-refractivity contribution in [2.24, 2.45) is 0 Å². The summed E-state index contributed by atoms with van der Waals surface area (Å²) >= 11 is 0. The Kier molecular flexibility index (Phi) is 5.92. The molecule has 0 spiro atoms. The molecule has 0 saturated carbocycles. The second-order valence-electron chi connectivity index (χ2n) is 5.10. The van der Waals surface area contributed by atoms with Gasteiger partial charge < -0.3 is 5.32 Å². The van der Waals surface area contributed by atoms with Crippen LogP contribution in [-0.2, 0) is 27.2 Å². The molecule has 2 rings (SSSR count). The van der Waals surface area contributed by atoms with E-state index in [9.17, 15) is 12.6 Å². The SMILES string of the molecule is CNCCCc1ccc(S(=O)(=O)N2CCS(=O)CC2)cc1. The van der Waals surface area contributed by atoms with Crippen molar-refractivity contribution in [1.82, 2.24) is 9.62 Å². The van der Waals surface area contributed by atoms with Crippen LogP contribution in [0.4, 0.5) is 0 Å². The van der Waals surface area contributed by atoms with E-state index in [1.165, 1.54) is 4.31 Å². The topological polar surface area (TPSA) is 66.5 Å². The molecule has 1 fully saturated rings. The highest BCUT2D eigenvalue weighted by molar-refractivity contribution is 7.89. The van der Waals surface area contributed by atoms with Crippen LogP contribution in [0.5, 0.6) is 0 Å². The van der Waals surface area contributed by atoms with Crippen LogP contribution in [0, 0.1) is 0 Å². The fraction of sp³-hybridized carbons (Fsp3) is 0.571. The quantitative estimate of drug-likeness (QED) is 0.776. The molecular formula is C14H22N2O3S2. The lowest BCUT2D eigenvalue weighted by atomic mass is 10.1. The van der Waals surface area contributed by atoms with E-state index in [4.69, 9.17) is 0 Å². The van der Waals surface area contributed by atoms with Crippen molar-refractivity contribution >= 4 is 20.8 Å². The Hall–Kier alpha value is -0.760. The zero-order valence-electron chi connectivity index (χ0n) is 12.2. The fourth-order valence-electron chi connectivity index (χ4n) is 2.31. The summed E-state index contributed by atoms with van der Waals surface area (Å²) < 4.78 is 37.7. The molecule has 1 N–H and O–H groups in total. The predicted molar refractivity (Wildman–Crippen MR) is 85.3 cm³/mol. The fourth-order valence-corrected chi connectivity index (χ4v) is 5.03. The zero-order valence-corrected chi connectivity index (χ0v) is 13.9. The van der Waals surface area contributed by atoms with E-state index in [-0.39, 0.29) is 0 Å². The molecule has 0 amide bonds. The van der Waals surface area contributed by atoms with Crippen LogP contribution in [0.15, 0.2) is 29.2 Å². The lowest BCUT2D eigenvalue weighted by Crippen LogP contribution is -2.41. The third-order valence-corrected chi connectivity index (χ3v) is 6.78. The van der Waals surface area contributed by atoms with E-state index < -0.39 is 20.8 Å². The van der Waals surface area contributed by atoms with Crippen molar-refractivity contribution in [1.29, 1.82) is 0 Å². The molecule has 0 atom stereocenters. The molecule has 5 nitrogen and oxygen atoms in total. The van der Waals surface area contributed by atoms with Crippen molar-refractivity contribution in [2.75, 3.05) is 38.2 Å². The van der Waals surface area contributed by atoms with Gasteiger partial charge in [0.05, 0.1) is 4.90 Å². The Bertz CT molecular complexity index is 575. The second-order valence-corrected chi connectivity index (χ2v) is 8.74. The van der Waals surface area contributed by atoms with E-state index in [1.807, 2.05) is 19.2 Å². The molecule has 1 aromatic rings. The van der Waals surface area contributed by atoms with Gasteiger partial charge in [0.15, 0.2) is 0 Å². The minimum Gasteiger partial charge on any atom is -0.320 e. The third kappa shape index (κ3) is 4.35. The number of rotatable bonds is 6. The van der Waals surface area contributed by atoms with Crippen molar-refractivity contribution in [3.63, 3.8) is 0 Å². The summed E-state index contributed by atoms with van der Waals surface area (Å²) in [7, 11) is -2.40. The van der Waals surface area contributed by atoms with Gasteiger partial charge >= 0.3 is 0 Å². The molecule has 0 unspecified atom stereocenters. The van der Waals surface area contributed by atoms with Crippen molar-refractivity contribution in [2.45, 2.75) is 17.7 Å². The van der Waals surface area contributed by atoms with E-state index in [0.717, 1.165) is 24.9 Å². The average molecular weight is 330 g/mol. The first-order chi connectivity index (χ1) is 10.0. The standard InChI is InChI=1S/C14H22N2O3S2/c1-15-8-2-3-13-4-6-14(7-5-13)21(18,19)16-9-11-20(17)12-10-16/h4-7,15H,2-3,8-12H2,1H3. The van der Waals surface area contributed by atoms with E-state index in [0.29, 0.717) is 29.5 Å². The van der Waals surface area contributed by atoms with Crippen LogP contribution in [0.25, 0.3) is 0 Å². The van der Waals surface area contributed by atoms with Crippen LogP contribution in [0.1, 0.15) is 12.0 Å². The number of benzene rings is 1. The Morgan fingerprint density at radius 3 is 2.38 bits per heavy atom. The zero-order chi connectivity index (χ0) is 15.3. The first kappa shape index (κ1) is 16.6. The summed E-state index contributed by atoms with van der Waals surface area (Å²) in [5, 5.41) is 3.09. The van der Waals surface area contributed by atoms with Gasteiger partial charge in [-0.1, -0.05) is 12.1 Å². The molecule has 1 aromatic carbocycles. The summed E-state index contributed by atoms with van der Waals surface area (Å²) in [6.45, 7) is 1.64. The molecule has 118 valence electrons. The largest absolute Gasteiger partial charge is 0.320 e. The first-order valence-electron chi connectivity index (χ1n) is 7.12. The number of aryl methyl sites for hydroxylation is 1. The lowest BCUT2D eigenvalue weighted by molar-refractivity contribution is 0.438. The third-order valence-electron chi connectivity index (χ3n) is 3.59. The Morgan fingerprint density at radius 2 is 1.81 bits per heavy atom. The van der Waals surface area contributed by atoms with E-state index >= 15 is 0 Å². The van der Waals surface area contributed by atoms with Gasteiger partial charge in [-0.05, 0) is 44.1 Å². The first-order valence-corrected chi connectivity index (χ1v) is 10.1. The predicted octanol–water partition coefficient (Wildman–Crippen LogP) is 0.592. The van der Waals surface area contributed by atoms with Gasteiger partial charge in [0.1, 0.15) is 0 Å². The van der Waals surface area contributed by atoms with E-state index in [2.05, 4.69) is 5.32 Å². The molecule has 1 aliphatic heterocycles. The van der Waals surface area contributed by atoms with Gasteiger partial charge in [-0.25, -0.2) is 8.42 Å². The van der Waals surface area contributed by atoms with Gasteiger partial charge in [0.2, 0.25) is 10.0 Å². The molecule has 1 heterocycles. The Labute approximate surface area is 129 Å². The molecular weight excluding hydrogens is 308 g/mol. The monoisotopic (exact) mass is 330 g/mol. The highest BCUT2D eigenvalue weighted by Gasteiger charge is 2.27. The number of sulfonamides is 1. The lowest BCUT2D eigenvalue weighted by Gasteiger charge is -2.25. The maximum atomic E-state index is 12.5. The smallest absolute Gasteiger partial charge is 0.243 e. The van der Waals surface area contributed by atoms with Crippen LogP contribution in [-0.4, -0.2) is 55.1 Å². The summed E-state index contributed by atoms with van der Waals surface area (Å²) in [6.07, 6.45) is 1.96. The van der Waals surface area contributed by atoms with Crippen LogP contribution < -0.4 is 5.32 Å². The van der Waals surface area contributed by atoms with Gasteiger partial charge in [0.25, 0.3) is 0 Å². The normalized spacial score (nSPS) is 18.0. The number of hydrogen-bond acceptors (Lipinski definition) is 4. The van der Waals surface area contributed by atoms with Gasteiger partial charge in [-0.3, -0.25) is 4.21 Å². The molecule has 0 radical (unpaired) electrons. The highest BCUT2D eigenvalue weighted by atomic mass is 32.2. The summed E-state index contributed by atoms with van der Waals surface area (Å²) in [5.41, 5.74) is 1.14. The summed E-state index contributed by atoms with van der Waals surface area (Å²) in [6, 6.07) is 7.11. The van der Waals surface area contributed by atoms with Gasteiger partial charge in [0, 0.05) is 35.4 Å². The number of hydrogen-bond donors (Lipinski definition) is 1. The summed E-state index contributed by atoms with van der Waals surface area (Å²) in [4.78, 5) is 0.326. The van der Waals surface area contributed by atoms with Gasteiger partial charge in [-0.2, -0.15) is 4.31 Å². The number of nitrogens with one attached hydrogen (secondary N) is 1. The number of nitrogens with zero attached hydrogens (tertiary/aromatic N) is 1. The van der Waals surface area contributed by atoms with Crippen LogP contribution in [0.3, 0.4) is 0 Å². The Morgan fingerprint density at radius 1 is 1.19 bits per heavy atom. The van der Waals surface area contributed by atoms with Crippen LogP contribution >= 0.6 is 0 Å². The molecule has 1 saturated heterocycles. The molecule has 7 heteroatoms. The molecule has 0 aromatic heterocycles. The average Bonchev–Trinajstić information content (AvgIpc) is 2.48. The highest BCUT2D eigenvalue weighted by Crippen LogP contribution is 2.18. The van der Waals surface area contributed by atoms with Crippen molar-refractivity contribution < 1.29 is 12.6 Å². The minimum atomic E-state index is -3.44. The Balaban J connectivity index is 2.04. The maximum Gasteiger partial charge on any atom is 0.243 e.